The molecular weight excluding hydrogens is 210 g/mol. The van der Waals surface area contributed by atoms with Crippen LogP contribution >= 0.6 is 0 Å². The Hall–Kier alpha value is -1.80. The average molecular weight is 227 g/mol. The normalized spacial score (nSPS) is 10.2. The fourth-order valence-corrected chi connectivity index (χ4v) is 1.65. The van der Waals surface area contributed by atoms with E-state index in [1.54, 1.807) is 0 Å². The summed E-state index contributed by atoms with van der Waals surface area (Å²) in [7, 11) is 0. The van der Waals surface area contributed by atoms with Gasteiger partial charge in [-0.25, -0.2) is 0 Å². The molecule has 0 spiro atoms. The van der Waals surface area contributed by atoms with Crippen molar-refractivity contribution in [1.82, 2.24) is 0 Å². The van der Waals surface area contributed by atoms with Crippen LogP contribution in [0.1, 0.15) is 12.0 Å². The molecule has 2 N–H and O–H groups in total. The van der Waals surface area contributed by atoms with Gasteiger partial charge in [0.2, 0.25) is 0 Å². The number of aryl methyl sites for hydroxylation is 1. The molecule has 2 heteroatoms. The largest absolute Gasteiger partial charge is 0.457 e. The smallest absolute Gasteiger partial charge is 0.127 e. The maximum atomic E-state index is 5.71. The molecule has 2 aromatic carbocycles. The first-order valence-corrected chi connectivity index (χ1v) is 5.90. The van der Waals surface area contributed by atoms with E-state index in [-0.39, 0.29) is 0 Å². The van der Waals surface area contributed by atoms with Crippen LogP contribution in [0.3, 0.4) is 0 Å². The molecule has 0 radical (unpaired) electrons. The number of benzene rings is 2. The van der Waals surface area contributed by atoms with Gasteiger partial charge in [-0.1, -0.05) is 30.3 Å². The van der Waals surface area contributed by atoms with Gasteiger partial charge in [0.25, 0.3) is 0 Å². The van der Waals surface area contributed by atoms with Crippen molar-refractivity contribution in [2.45, 2.75) is 12.8 Å². The molecule has 0 bridgehead atoms. The summed E-state index contributed by atoms with van der Waals surface area (Å²) in [6.07, 6.45) is 2.06. The predicted molar refractivity (Wildman–Crippen MR) is 70.3 cm³/mol. The lowest BCUT2D eigenvalue weighted by molar-refractivity contribution is 0.482. The fourth-order valence-electron chi connectivity index (χ4n) is 1.65. The van der Waals surface area contributed by atoms with Crippen molar-refractivity contribution in [3.63, 3.8) is 0 Å². The average Bonchev–Trinajstić information content (AvgIpc) is 2.39. The monoisotopic (exact) mass is 227 g/mol. The molecule has 0 aliphatic carbocycles. The highest BCUT2D eigenvalue weighted by Crippen LogP contribution is 2.21. The van der Waals surface area contributed by atoms with Crippen LogP contribution in [0.4, 0.5) is 0 Å². The van der Waals surface area contributed by atoms with Crippen LogP contribution in [0.15, 0.2) is 54.6 Å². The van der Waals surface area contributed by atoms with Crippen molar-refractivity contribution in [2.24, 2.45) is 5.73 Å². The molecule has 2 rings (SSSR count). The van der Waals surface area contributed by atoms with Crippen molar-refractivity contribution in [1.29, 1.82) is 0 Å². The zero-order valence-electron chi connectivity index (χ0n) is 9.80. The van der Waals surface area contributed by atoms with Crippen LogP contribution in [0.2, 0.25) is 0 Å². The van der Waals surface area contributed by atoms with E-state index in [0.717, 1.165) is 30.9 Å². The van der Waals surface area contributed by atoms with Gasteiger partial charge >= 0.3 is 0 Å². The second-order valence-electron chi connectivity index (χ2n) is 3.95. The highest BCUT2D eigenvalue weighted by Gasteiger charge is 1.97. The van der Waals surface area contributed by atoms with E-state index >= 15 is 0 Å². The molecule has 0 aromatic heterocycles. The Labute approximate surface area is 102 Å². The van der Waals surface area contributed by atoms with E-state index < -0.39 is 0 Å². The first kappa shape index (κ1) is 11.7. The lowest BCUT2D eigenvalue weighted by atomic mass is 10.1. The number of rotatable bonds is 5. The quantitative estimate of drug-likeness (QED) is 0.850. The van der Waals surface area contributed by atoms with Crippen molar-refractivity contribution < 1.29 is 4.74 Å². The standard InChI is InChI=1S/C15H17NO/c16-12-4-5-13-8-10-15(11-9-13)17-14-6-2-1-3-7-14/h1-3,6-11H,4-5,12,16H2. The van der Waals surface area contributed by atoms with Crippen molar-refractivity contribution >= 4 is 0 Å². The zero-order chi connectivity index (χ0) is 11.9. The SMILES string of the molecule is NCCCc1ccc(Oc2ccccc2)cc1. The molecule has 17 heavy (non-hydrogen) atoms. The predicted octanol–water partition coefficient (Wildman–Crippen LogP) is 3.37. The highest BCUT2D eigenvalue weighted by molar-refractivity contribution is 5.32. The number of ether oxygens (including phenoxy) is 1. The molecule has 2 nitrogen and oxygen atoms in total. The molecular formula is C15H17NO. The van der Waals surface area contributed by atoms with Crippen LogP contribution in [-0.4, -0.2) is 6.54 Å². The Morgan fingerprint density at radius 3 is 2.12 bits per heavy atom. The summed E-state index contributed by atoms with van der Waals surface area (Å²) in [5.41, 5.74) is 6.79. The number of nitrogens with two attached hydrogens (primary N) is 1. The van der Waals surface area contributed by atoms with Crippen molar-refractivity contribution in [2.75, 3.05) is 6.54 Å². The molecule has 0 saturated carbocycles. The maximum Gasteiger partial charge on any atom is 0.127 e. The molecule has 2 aromatic rings. The summed E-state index contributed by atoms with van der Waals surface area (Å²) in [6, 6.07) is 18.0. The van der Waals surface area contributed by atoms with E-state index in [1.807, 2.05) is 42.5 Å². The van der Waals surface area contributed by atoms with Crippen LogP contribution in [0, 0.1) is 0 Å². The third kappa shape index (κ3) is 3.61. The van der Waals surface area contributed by atoms with Gasteiger partial charge < -0.3 is 10.5 Å². The Balaban J connectivity index is 1.98. The second-order valence-corrected chi connectivity index (χ2v) is 3.95. The number of hydrogen-bond acceptors (Lipinski definition) is 2. The van der Waals surface area contributed by atoms with Crippen LogP contribution in [-0.2, 0) is 6.42 Å². The summed E-state index contributed by atoms with van der Waals surface area (Å²) in [5.74, 6) is 1.73. The maximum absolute atomic E-state index is 5.71. The summed E-state index contributed by atoms with van der Waals surface area (Å²) >= 11 is 0. The molecule has 0 fully saturated rings. The molecule has 0 atom stereocenters. The van der Waals surface area contributed by atoms with E-state index in [0.29, 0.717) is 0 Å². The Morgan fingerprint density at radius 2 is 1.47 bits per heavy atom. The van der Waals surface area contributed by atoms with E-state index in [2.05, 4.69) is 12.1 Å². The second kappa shape index (κ2) is 6.06. The highest BCUT2D eigenvalue weighted by atomic mass is 16.5. The van der Waals surface area contributed by atoms with Gasteiger partial charge in [0, 0.05) is 0 Å². The van der Waals surface area contributed by atoms with Gasteiger partial charge in [0.15, 0.2) is 0 Å². The zero-order valence-corrected chi connectivity index (χ0v) is 9.80. The summed E-state index contributed by atoms with van der Waals surface area (Å²) < 4.78 is 5.71. The van der Waals surface area contributed by atoms with Crippen LogP contribution in [0.25, 0.3) is 0 Å². The molecule has 0 aliphatic rings. The third-order valence-corrected chi connectivity index (χ3v) is 2.57. The van der Waals surface area contributed by atoms with Crippen molar-refractivity contribution in [3.05, 3.63) is 60.2 Å². The Morgan fingerprint density at radius 1 is 0.824 bits per heavy atom. The summed E-state index contributed by atoms with van der Waals surface area (Å²) in [6.45, 7) is 0.738. The minimum absolute atomic E-state index is 0.738. The fraction of sp³-hybridized carbons (Fsp3) is 0.200. The Kier molecular flexibility index (Phi) is 4.17. The topological polar surface area (TPSA) is 35.2 Å². The molecule has 0 saturated heterocycles. The van der Waals surface area contributed by atoms with Gasteiger partial charge in [-0.05, 0) is 49.2 Å². The van der Waals surface area contributed by atoms with E-state index in [1.165, 1.54) is 5.56 Å². The molecule has 0 heterocycles. The van der Waals surface area contributed by atoms with Crippen molar-refractivity contribution in [3.8, 4) is 11.5 Å². The van der Waals surface area contributed by atoms with Gasteiger partial charge in [0.05, 0.1) is 0 Å². The minimum Gasteiger partial charge on any atom is -0.457 e. The molecule has 0 aliphatic heterocycles. The molecule has 0 unspecified atom stereocenters. The van der Waals surface area contributed by atoms with Crippen LogP contribution in [0.5, 0.6) is 11.5 Å². The number of para-hydroxylation sites is 1. The third-order valence-electron chi connectivity index (χ3n) is 2.57. The first-order chi connectivity index (χ1) is 8.38. The Bertz CT molecular complexity index is 436. The summed E-state index contributed by atoms with van der Waals surface area (Å²) in [5, 5.41) is 0. The minimum atomic E-state index is 0.738. The van der Waals surface area contributed by atoms with Gasteiger partial charge in [-0.3, -0.25) is 0 Å². The van der Waals surface area contributed by atoms with Gasteiger partial charge in [-0.2, -0.15) is 0 Å². The molecule has 88 valence electrons. The first-order valence-electron chi connectivity index (χ1n) is 5.90. The van der Waals surface area contributed by atoms with E-state index in [9.17, 15) is 0 Å². The van der Waals surface area contributed by atoms with Gasteiger partial charge in [0.1, 0.15) is 11.5 Å². The molecule has 0 amide bonds. The summed E-state index contributed by atoms with van der Waals surface area (Å²) in [4.78, 5) is 0. The number of hydrogen-bond donors (Lipinski definition) is 1. The van der Waals surface area contributed by atoms with E-state index in [4.69, 9.17) is 10.5 Å². The lowest BCUT2D eigenvalue weighted by Crippen LogP contribution is -2.00. The lowest BCUT2D eigenvalue weighted by Gasteiger charge is -2.06. The van der Waals surface area contributed by atoms with Gasteiger partial charge in [-0.15, -0.1) is 0 Å². The van der Waals surface area contributed by atoms with Crippen LogP contribution < -0.4 is 10.5 Å².